The van der Waals surface area contributed by atoms with E-state index >= 15 is 0 Å². The Hall–Kier alpha value is -1.95. The molecule has 1 aromatic carbocycles. The molecule has 0 unspecified atom stereocenters. The van der Waals surface area contributed by atoms with Crippen molar-refractivity contribution >= 4 is 11.8 Å². The summed E-state index contributed by atoms with van der Waals surface area (Å²) in [6.07, 6.45) is 1.45. The highest BCUT2D eigenvalue weighted by Crippen LogP contribution is 2.23. The lowest BCUT2D eigenvalue weighted by Crippen LogP contribution is -2.40. The third kappa shape index (κ3) is 5.98. The van der Waals surface area contributed by atoms with Crippen LogP contribution in [0.1, 0.15) is 39.2 Å². The Morgan fingerprint density at radius 1 is 1.35 bits per heavy atom. The molecule has 0 bridgehead atoms. The van der Waals surface area contributed by atoms with Crippen molar-refractivity contribution in [3.05, 3.63) is 23.8 Å². The summed E-state index contributed by atoms with van der Waals surface area (Å²) < 4.78 is 16.5. The number of carbonyl (C=O) groups is 1. The molecule has 6 nitrogen and oxygen atoms in total. The van der Waals surface area contributed by atoms with Crippen LogP contribution >= 0.6 is 0 Å². The number of nitrogens with two attached hydrogens (primary N) is 1. The Labute approximate surface area is 137 Å². The topological polar surface area (TPSA) is 82.8 Å². The predicted molar refractivity (Wildman–Crippen MR) is 88.4 cm³/mol. The number of alkyl carbamates (subject to hydrolysis) is 1. The van der Waals surface area contributed by atoms with Crippen molar-refractivity contribution in [3.8, 4) is 5.75 Å². The van der Waals surface area contributed by atoms with E-state index in [1.807, 2.05) is 32.9 Å². The Balaban J connectivity index is 1.93. The number of rotatable bonds is 4. The average Bonchev–Trinajstić information content (AvgIpc) is 2.47. The number of benzene rings is 1. The second-order valence-corrected chi connectivity index (χ2v) is 6.74. The standard InChI is InChI=1S/C17H26N2O4/c1-17(2,3)19-16(20)22-11-12-10-14(4-5-15(12)18)23-13-6-8-21-9-7-13/h4-5,10,13H,6-9,11,18H2,1-3H3,(H,19,20). The van der Waals surface area contributed by atoms with E-state index in [1.165, 1.54) is 0 Å². The van der Waals surface area contributed by atoms with Gasteiger partial charge in [-0.2, -0.15) is 0 Å². The molecule has 6 heteroatoms. The number of hydrogen-bond donors (Lipinski definition) is 2. The van der Waals surface area contributed by atoms with Gasteiger partial charge >= 0.3 is 6.09 Å². The first-order valence-electron chi connectivity index (χ1n) is 7.91. The van der Waals surface area contributed by atoms with Crippen LogP contribution in [0.2, 0.25) is 0 Å². The summed E-state index contributed by atoms with van der Waals surface area (Å²) >= 11 is 0. The molecule has 1 saturated heterocycles. The smallest absolute Gasteiger partial charge is 0.407 e. The summed E-state index contributed by atoms with van der Waals surface area (Å²) in [5.41, 5.74) is 6.92. The second-order valence-electron chi connectivity index (χ2n) is 6.74. The van der Waals surface area contributed by atoms with Crippen molar-refractivity contribution in [1.29, 1.82) is 0 Å². The SMILES string of the molecule is CC(C)(C)NC(=O)OCc1cc(OC2CCOCC2)ccc1N. The van der Waals surface area contributed by atoms with Crippen LogP contribution < -0.4 is 15.8 Å². The summed E-state index contributed by atoms with van der Waals surface area (Å²) in [5.74, 6) is 0.737. The van der Waals surface area contributed by atoms with Gasteiger partial charge in [-0.15, -0.1) is 0 Å². The quantitative estimate of drug-likeness (QED) is 0.833. The van der Waals surface area contributed by atoms with Gasteiger partial charge in [-0.05, 0) is 39.0 Å². The summed E-state index contributed by atoms with van der Waals surface area (Å²) in [5, 5.41) is 2.74. The minimum Gasteiger partial charge on any atom is -0.490 e. The molecule has 1 aliphatic rings. The van der Waals surface area contributed by atoms with Gasteiger partial charge in [0.2, 0.25) is 0 Å². The fourth-order valence-corrected chi connectivity index (χ4v) is 2.25. The van der Waals surface area contributed by atoms with E-state index < -0.39 is 6.09 Å². The lowest BCUT2D eigenvalue weighted by Gasteiger charge is -2.24. The lowest BCUT2D eigenvalue weighted by molar-refractivity contribution is 0.0255. The summed E-state index contributed by atoms with van der Waals surface area (Å²) in [6, 6.07) is 5.44. The highest BCUT2D eigenvalue weighted by atomic mass is 16.5. The first-order chi connectivity index (χ1) is 10.8. The largest absolute Gasteiger partial charge is 0.490 e. The van der Waals surface area contributed by atoms with E-state index in [1.54, 1.807) is 6.07 Å². The molecule has 0 spiro atoms. The van der Waals surface area contributed by atoms with E-state index in [2.05, 4.69) is 5.32 Å². The fraction of sp³-hybridized carbons (Fsp3) is 0.588. The van der Waals surface area contributed by atoms with Gasteiger partial charge in [0.25, 0.3) is 0 Å². The van der Waals surface area contributed by atoms with Crippen LogP contribution in [0.5, 0.6) is 5.75 Å². The van der Waals surface area contributed by atoms with Gasteiger partial charge in [0.1, 0.15) is 18.5 Å². The van der Waals surface area contributed by atoms with E-state index in [0.29, 0.717) is 5.69 Å². The van der Waals surface area contributed by atoms with Crippen LogP contribution in [0.15, 0.2) is 18.2 Å². The van der Waals surface area contributed by atoms with E-state index in [0.717, 1.165) is 37.4 Å². The Bertz CT molecular complexity index is 534. The van der Waals surface area contributed by atoms with Crippen LogP contribution in [0.4, 0.5) is 10.5 Å². The summed E-state index contributed by atoms with van der Waals surface area (Å²) in [4.78, 5) is 11.7. The Kier molecular flexibility index (Phi) is 5.71. The molecule has 0 atom stereocenters. The van der Waals surface area contributed by atoms with Gasteiger partial charge in [0, 0.05) is 29.6 Å². The van der Waals surface area contributed by atoms with Crippen molar-refractivity contribution in [3.63, 3.8) is 0 Å². The number of ether oxygens (including phenoxy) is 3. The van der Waals surface area contributed by atoms with Gasteiger partial charge in [0.15, 0.2) is 0 Å². The number of nitrogens with one attached hydrogen (secondary N) is 1. The van der Waals surface area contributed by atoms with Gasteiger partial charge in [-0.25, -0.2) is 4.79 Å². The molecule has 0 radical (unpaired) electrons. The van der Waals surface area contributed by atoms with Crippen LogP contribution in [-0.4, -0.2) is 30.9 Å². The maximum Gasteiger partial charge on any atom is 0.407 e. The first kappa shape index (κ1) is 17.4. The third-order valence-electron chi connectivity index (χ3n) is 3.42. The average molecular weight is 322 g/mol. The van der Waals surface area contributed by atoms with Gasteiger partial charge in [-0.3, -0.25) is 0 Å². The number of hydrogen-bond acceptors (Lipinski definition) is 5. The number of nitrogen functional groups attached to an aromatic ring is 1. The molecule has 1 aliphatic heterocycles. The second kappa shape index (κ2) is 7.55. The van der Waals surface area contributed by atoms with Crippen molar-refractivity contribution in [2.24, 2.45) is 0 Å². The van der Waals surface area contributed by atoms with E-state index in [9.17, 15) is 4.79 Å². The maximum atomic E-state index is 11.7. The van der Waals surface area contributed by atoms with Crippen LogP contribution in [0, 0.1) is 0 Å². The van der Waals surface area contributed by atoms with Crippen LogP contribution in [0.3, 0.4) is 0 Å². The first-order valence-corrected chi connectivity index (χ1v) is 7.91. The highest BCUT2D eigenvalue weighted by molar-refractivity contribution is 5.68. The zero-order valence-electron chi connectivity index (χ0n) is 14.1. The molecule has 1 amide bonds. The molecule has 23 heavy (non-hydrogen) atoms. The van der Waals surface area contributed by atoms with Crippen molar-refractivity contribution in [2.75, 3.05) is 18.9 Å². The zero-order chi connectivity index (χ0) is 16.9. The van der Waals surface area contributed by atoms with E-state index in [4.69, 9.17) is 19.9 Å². The molecule has 1 aromatic rings. The fourth-order valence-electron chi connectivity index (χ4n) is 2.25. The monoisotopic (exact) mass is 322 g/mol. The summed E-state index contributed by atoms with van der Waals surface area (Å²) in [7, 11) is 0. The summed E-state index contributed by atoms with van der Waals surface area (Å²) in [6.45, 7) is 7.24. The normalized spacial score (nSPS) is 16.0. The molecular weight excluding hydrogens is 296 g/mol. The number of carbonyl (C=O) groups excluding carboxylic acids is 1. The van der Waals surface area contributed by atoms with Gasteiger partial charge in [0.05, 0.1) is 13.2 Å². The van der Waals surface area contributed by atoms with Crippen molar-refractivity contribution in [1.82, 2.24) is 5.32 Å². The highest BCUT2D eigenvalue weighted by Gasteiger charge is 2.17. The minimum absolute atomic E-state index is 0.110. The van der Waals surface area contributed by atoms with Crippen molar-refractivity contribution < 1.29 is 19.0 Å². The van der Waals surface area contributed by atoms with Gasteiger partial charge < -0.3 is 25.3 Å². The van der Waals surface area contributed by atoms with Gasteiger partial charge in [-0.1, -0.05) is 0 Å². The molecule has 0 saturated carbocycles. The molecule has 0 aromatic heterocycles. The lowest BCUT2D eigenvalue weighted by atomic mass is 10.1. The molecular formula is C17H26N2O4. The van der Waals surface area contributed by atoms with Crippen LogP contribution in [0.25, 0.3) is 0 Å². The molecule has 128 valence electrons. The molecule has 3 N–H and O–H groups in total. The number of anilines is 1. The Morgan fingerprint density at radius 2 is 2.04 bits per heavy atom. The Morgan fingerprint density at radius 3 is 2.70 bits per heavy atom. The maximum absolute atomic E-state index is 11.7. The molecule has 1 heterocycles. The van der Waals surface area contributed by atoms with Crippen LogP contribution in [-0.2, 0) is 16.1 Å². The van der Waals surface area contributed by atoms with Crippen molar-refractivity contribution in [2.45, 2.75) is 51.9 Å². The molecule has 2 rings (SSSR count). The predicted octanol–water partition coefficient (Wildman–Crippen LogP) is 2.85. The molecule has 0 aliphatic carbocycles. The number of amides is 1. The third-order valence-corrected chi connectivity index (χ3v) is 3.42. The zero-order valence-corrected chi connectivity index (χ0v) is 14.1. The van der Waals surface area contributed by atoms with E-state index in [-0.39, 0.29) is 18.2 Å². The molecule has 1 fully saturated rings. The minimum atomic E-state index is -0.465.